The van der Waals surface area contributed by atoms with Crippen LogP contribution in [0.5, 0.6) is 0 Å². The van der Waals surface area contributed by atoms with Crippen LogP contribution in [0.3, 0.4) is 0 Å². The van der Waals surface area contributed by atoms with Gasteiger partial charge in [0.2, 0.25) is 0 Å². The average Bonchev–Trinajstić information content (AvgIpc) is 2.85. The van der Waals surface area contributed by atoms with Gasteiger partial charge in [0.1, 0.15) is 5.82 Å². The number of nitrogens with zero attached hydrogens (tertiary/aromatic N) is 2. The first kappa shape index (κ1) is 13.8. The van der Waals surface area contributed by atoms with Gasteiger partial charge in [-0.1, -0.05) is 12.1 Å². The SMILES string of the molecule is O=C(O)C[C@@H]1CCCN1Cc1nc2ccccc2c(=O)[nH]1. The Balaban J connectivity index is 1.84. The molecule has 0 radical (unpaired) electrons. The number of carboxylic acids is 1. The van der Waals surface area contributed by atoms with Crippen LogP contribution < -0.4 is 5.56 Å². The molecular weight excluding hydrogens is 270 g/mol. The lowest BCUT2D eigenvalue weighted by molar-refractivity contribution is -0.138. The van der Waals surface area contributed by atoms with E-state index >= 15 is 0 Å². The largest absolute Gasteiger partial charge is 0.481 e. The van der Waals surface area contributed by atoms with Crippen LogP contribution in [0.15, 0.2) is 29.1 Å². The fourth-order valence-electron chi connectivity index (χ4n) is 2.94. The average molecular weight is 287 g/mol. The van der Waals surface area contributed by atoms with Crippen LogP contribution in [-0.2, 0) is 11.3 Å². The number of fused-ring (bicyclic) bond motifs is 1. The Kier molecular flexibility index (Phi) is 3.70. The molecule has 0 spiro atoms. The standard InChI is InChI=1S/C15H17N3O3/c19-14(20)8-10-4-3-7-18(10)9-13-16-12-6-2-1-5-11(12)15(21)17-13/h1-2,5-6,10H,3-4,7-9H2,(H,19,20)(H,16,17,21)/t10-/m0/s1. The predicted octanol–water partition coefficient (Wildman–Crippen LogP) is 1.36. The summed E-state index contributed by atoms with van der Waals surface area (Å²) in [5, 5.41) is 9.52. The molecule has 0 saturated carbocycles. The smallest absolute Gasteiger partial charge is 0.304 e. The molecule has 1 aromatic carbocycles. The Morgan fingerprint density at radius 3 is 3.05 bits per heavy atom. The van der Waals surface area contributed by atoms with Crippen molar-refractivity contribution in [2.75, 3.05) is 6.54 Å². The summed E-state index contributed by atoms with van der Waals surface area (Å²) in [6, 6.07) is 7.24. The second kappa shape index (κ2) is 5.65. The summed E-state index contributed by atoms with van der Waals surface area (Å²) >= 11 is 0. The van der Waals surface area contributed by atoms with E-state index in [-0.39, 0.29) is 18.0 Å². The monoisotopic (exact) mass is 287 g/mol. The lowest BCUT2D eigenvalue weighted by Gasteiger charge is -2.22. The maximum absolute atomic E-state index is 12.0. The van der Waals surface area contributed by atoms with Crippen molar-refractivity contribution in [3.8, 4) is 0 Å². The van der Waals surface area contributed by atoms with Crippen LogP contribution in [0.1, 0.15) is 25.1 Å². The number of nitrogens with one attached hydrogen (secondary N) is 1. The minimum absolute atomic E-state index is 0.0271. The topological polar surface area (TPSA) is 86.3 Å². The van der Waals surface area contributed by atoms with Gasteiger partial charge in [-0.3, -0.25) is 14.5 Å². The molecule has 1 aliphatic heterocycles. The van der Waals surface area contributed by atoms with Gasteiger partial charge in [-0.05, 0) is 31.5 Å². The zero-order chi connectivity index (χ0) is 14.8. The van der Waals surface area contributed by atoms with E-state index in [1.54, 1.807) is 6.07 Å². The highest BCUT2D eigenvalue weighted by atomic mass is 16.4. The quantitative estimate of drug-likeness (QED) is 0.886. The molecule has 1 aliphatic rings. The van der Waals surface area contributed by atoms with Crippen LogP contribution in [0.4, 0.5) is 0 Å². The van der Waals surface area contributed by atoms with E-state index in [0.29, 0.717) is 23.3 Å². The van der Waals surface area contributed by atoms with E-state index in [1.807, 2.05) is 18.2 Å². The van der Waals surface area contributed by atoms with Gasteiger partial charge in [-0.15, -0.1) is 0 Å². The van der Waals surface area contributed by atoms with E-state index in [2.05, 4.69) is 14.9 Å². The molecule has 0 amide bonds. The summed E-state index contributed by atoms with van der Waals surface area (Å²) in [4.78, 5) is 32.3. The molecule has 0 unspecified atom stereocenters. The molecule has 6 nitrogen and oxygen atoms in total. The van der Waals surface area contributed by atoms with E-state index < -0.39 is 5.97 Å². The van der Waals surface area contributed by atoms with Crippen molar-refractivity contribution in [2.45, 2.75) is 31.8 Å². The second-order valence-corrected chi connectivity index (χ2v) is 5.39. The van der Waals surface area contributed by atoms with Crippen molar-refractivity contribution >= 4 is 16.9 Å². The Hall–Kier alpha value is -2.21. The van der Waals surface area contributed by atoms with E-state index in [9.17, 15) is 9.59 Å². The fraction of sp³-hybridized carbons (Fsp3) is 0.400. The number of aromatic nitrogens is 2. The molecule has 2 heterocycles. The van der Waals surface area contributed by atoms with E-state index in [4.69, 9.17) is 5.11 Å². The minimum Gasteiger partial charge on any atom is -0.481 e. The number of carbonyl (C=O) groups is 1. The number of likely N-dealkylation sites (tertiary alicyclic amines) is 1. The van der Waals surface area contributed by atoms with Crippen LogP contribution in [0.2, 0.25) is 0 Å². The third-order valence-corrected chi connectivity index (χ3v) is 3.92. The number of aromatic amines is 1. The summed E-state index contributed by atoms with van der Waals surface area (Å²) in [6.45, 7) is 1.33. The maximum Gasteiger partial charge on any atom is 0.304 e. The molecule has 3 rings (SSSR count). The van der Waals surface area contributed by atoms with Crippen LogP contribution in [0.25, 0.3) is 10.9 Å². The number of hydrogen-bond acceptors (Lipinski definition) is 4. The van der Waals surface area contributed by atoms with Crippen LogP contribution in [-0.4, -0.2) is 38.5 Å². The molecule has 21 heavy (non-hydrogen) atoms. The molecule has 0 aliphatic carbocycles. The molecule has 1 saturated heterocycles. The predicted molar refractivity (Wildman–Crippen MR) is 78.0 cm³/mol. The van der Waals surface area contributed by atoms with E-state index in [1.165, 1.54) is 0 Å². The molecule has 1 atom stereocenters. The molecule has 2 N–H and O–H groups in total. The van der Waals surface area contributed by atoms with Gasteiger partial charge < -0.3 is 10.1 Å². The van der Waals surface area contributed by atoms with Crippen molar-refractivity contribution in [3.05, 3.63) is 40.4 Å². The van der Waals surface area contributed by atoms with Crippen LogP contribution in [0, 0.1) is 0 Å². The van der Waals surface area contributed by atoms with Gasteiger partial charge >= 0.3 is 5.97 Å². The first-order valence-corrected chi connectivity index (χ1v) is 7.07. The Labute approximate surface area is 121 Å². The minimum atomic E-state index is -0.785. The number of hydrogen-bond donors (Lipinski definition) is 2. The Morgan fingerprint density at radius 2 is 2.24 bits per heavy atom. The number of aliphatic carboxylic acids is 1. The van der Waals surface area contributed by atoms with Crippen molar-refractivity contribution < 1.29 is 9.90 Å². The number of rotatable bonds is 4. The molecule has 1 aromatic heterocycles. The van der Waals surface area contributed by atoms with Crippen molar-refractivity contribution in [2.24, 2.45) is 0 Å². The summed E-state index contributed by atoms with van der Waals surface area (Å²) in [5.74, 6) is -0.192. The van der Waals surface area contributed by atoms with Gasteiger partial charge in [0, 0.05) is 6.04 Å². The lowest BCUT2D eigenvalue weighted by atomic mass is 10.1. The summed E-state index contributed by atoms with van der Waals surface area (Å²) in [5.41, 5.74) is 0.523. The molecule has 2 aromatic rings. The number of benzene rings is 1. The number of carboxylic acid groups (broad SMARTS) is 1. The van der Waals surface area contributed by atoms with Crippen LogP contribution >= 0.6 is 0 Å². The molecule has 0 bridgehead atoms. The fourth-order valence-corrected chi connectivity index (χ4v) is 2.94. The van der Waals surface area contributed by atoms with Gasteiger partial charge in [-0.2, -0.15) is 0 Å². The normalized spacial score (nSPS) is 19.1. The van der Waals surface area contributed by atoms with Gasteiger partial charge in [-0.25, -0.2) is 4.98 Å². The highest BCUT2D eigenvalue weighted by molar-refractivity contribution is 5.77. The first-order valence-electron chi connectivity index (χ1n) is 7.07. The van der Waals surface area contributed by atoms with Crippen molar-refractivity contribution in [1.82, 2.24) is 14.9 Å². The Morgan fingerprint density at radius 1 is 1.43 bits per heavy atom. The zero-order valence-corrected chi connectivity index (χ0v) is 11.6. The maximum atomic E-state index is 12.0. The van der Waals surface area contributed by atoms with Crippen molar-refractivity contribution in [3.63, 3.8) is 0 Å². The third kappa shape index (κ3) is 2.95. The third-order valence-electron chi connectivity index (χ3n) is 3.92. The van der Waals surface area contributed by atoms with Gasteiger partial charge in [0.25, 0.3) is 5.56 Å². The molecule has 1 fully saturated rings. The highest BCUT2D eigenvalue weighted by Crippen LogP contribution is 2.21. The van der Waals surface area contributed by atoms with E-state index in [0.717, 1.165) is 19.4 Å². The molecular formula is C15H17N3O3. The first-order chi connectivity index (χ1) is 10.1. The summed E-state index contributed by atoms with van der Waals surface area (Å²) in [6.07, 6.45) is 2.00. The van der Waals surface area contributed by atoms with Crippen molar-refractivity contribution in [1.29, 1.82) is 0 Å². The second-order valence-electron chi connectivity index (χ2n) is 5.39. The number of para-hydroxylation sites is 1. The lowest BCUT2D eigenvalue weighted by Crippen LogP contribution is -2.32. The van der Waals surface area contributed by atoms with Gasteiger partial charge in [0.15, 0.2) is 0 Å². The number of H-pyrrole nitrogens is 1. The summed E-state index contributed by atoms with van der Waals surface area (Å²) < 4.78 is 0. The summed E-state index contributed by atoms with van der Waals surface area (Å²) in [7, 11) is 0. The Bertz CT molecular complexity index is 725. The van der Waals surface area contributed by atoms with Gasteiger partial charge in [0.05, 0.1) is 23.9 Å². The highest BCUT2D eigenvalue weighted by Gasteiger charge is 2.27. The molecule has 6 heteroatoms. The zero-order valence-electron chi connectivity index (χ0n) is 11.6. The molecule has 110 valence electrons.